The van der Waals surface area contributed by atoms with Crippen LogP contribution >= 0.6 is 0 Å². The number of nitrogens with zero attached hydrogens (tertiary/aromatic N) is 4. The largest absolute Gasteiger partial charge is 0.370 e. The van der Waals surface area contributed by atoms with E-state index in [1.165, 1.54) is 29.7 Å². The molecule has 1 fully saturated rings. The van der Waals surface area contributed by atoms with Gasteiger partial charge in [-0.05, 0) is 43.5 Å². The number of pyridine rings is 1. The van der Waals surface area contributed by atoms with Gasteiger partial charge in [0.15, 0.2) is 0 Å². The highest BCUT2D eigenvalue weighted by molar-refractivity contribution is 5.48. The number of nitrogens with one attached hydrogen (secondary N) is 1. The van der Waals surface area contributed by atoms with Crippen molar-refractivity contribution >= 4 is 5.69 Å². The highest BCUT2D eigenvalue weighted by Gasteiger charge is 2.19. The minimum atomic E-state index is 0.512. The number of benzene rings is 1. The van der Waals surface area contributed by atoms with E-state index < -0.39 is 0 Å². The van der Waals surface area contributed by atoms with E-state index in [-0.39, 0.29) is 0 Å². The standard InChI is InChI=1S/C21H25N5/c1-17-4-7-20(8-5-17)25-11-2-3-19(15-25)23-13-18-6-9-21(24-14-18)26-12-10-22-16-26/h4-10,12,14,16,19,23H,2-3,11,13,15H2,1H3. The molecule has 1 N–H and O–H groups in total. The van der Waals surface area contributed by atoms with Crippen molar-refractivity contribution < 1.29 is 0 Å². The highest BCUT2D eigenvalue weighted by Crippen LogP contribution is 2.20. The molecule has 1 aromatic carbocycles. The number of hydrogen-bond acceptors (Lipinski definition) is 4. The summed E-state index contributed by atoms with van der Waals surface area (Å²) >= 11 is 0. The van der Waals surface area contributed by atoms with E-state index in [0.29, 0.717) is 6.04 Å². The number of aromatic nitrogens is 3. The van der Waals surface area contributed by atoms with Gasteiger partial charge in [0.25, 0.3) is 0 Å². The summed E-state index contributed by atoms with van der Waals surface area (Å²) in [4.78, 5) is 11.1. The number of rotatable bonds is 5. The van der Waals surface area contributed by atoms with Crippen molar-refractivity contribution in [2.45, 2.75) is 32.4 Å². The van der Waals surface area contributed by atoms with Crippen LogP contribution in [0.3, 0.4) is 0 Å². The fraction of sp³-hybridized carbons (Fsp3) is 0.333. The molecule has 0 bridgehead atoms. The van der Waals surface area contributed by atoms with Crippen LogP contribution in [0.2, 0.25) is 0 Å². The van der Waals surface area contributed by atoms with E-state index in [1.807, 2.05) is 23.0 Å². The summed E-state index contributed by atoms with van der Waals surface area (Å²) < 4.78 is 1.91. The smallest absolute Gasteiger partial charge is 0.137 e. The molecule has 5 heteroatoms. The van der Waals surface area contributed by atoms with Crippen LogP contribution in [0, 0.1) is 6.92 Å². The van der Waals surface area contributed by atoms with Gasteiger partial charge >= 0.3 is 0 Å². The molecule has 3 heterocycles. The molecule has 1 aliphatic heterocycles. The van der Waals surface area contributed by atoms with Gasteiger partial charge in [0.2, 0.25) is 0 Å². The van der Waals surface area contributed by atoms with Crippen LogP contribution in [-0.2, 0) is 6.54 Å². The Balaban J connectivity index is 1.33. The van der Waals surface area contributed by atoms with E-state index >= 15 is 0 Å². The third-order valence-corrected chi connectivity index (χ3v) is 4.99. The van der Waals surface area contributed by atoms with Crippen molar-refractivity contribution in [1.29, 1.82) is 0 Å². The molecule has 3 aromatic rings. The van der Waals surface area contributed by atoms with Gasteiger partial charge in [-0.2, -0.15) is 0 Å². The predicted octanol–water partition coefficient (Wildman–Crippen LogP) is 3.33. The van der Waals surface area contributed by atoms with Gasteiger partial charge < -0.3 is 10.2 Å². The highest BCUT2D eigenvalue weighted by atomic mass is 15.2. The average molecular weight is 347 g/mol. The summed E-state index contributed by atoms with van der Waals surface area (Å²) in [5.41, 5.74) is 3.85. The SMILES string of the molecule is Cc1ccc(N2CCCC(NCc3ccc(-n4ccnc4)nc3)C2)cc1. The zero-order valence-corrected chi connectivity index (χ0v) is 15.2. The first-order valence-corrected chi connectivity index (χ1v) is 9.26. The summed E-state index contributed by atoms with van der Waals surface area (Å²) in [6, 6.07) is 13.5. The van der Waals surface area contributed by atoms with Crippen molar-refractivity contribution in [3.05, 3.63) is 72.4 Å². The van der Waals surface area contributed by atoms with Crippen molar-refractivity contribution in [2.75, 3.05) is 18.0 Å². The fourth-order valence-corrected chi connectivity index (χ4v) is 3.46. The minimum Gasteiger partial charge on any atom is -0.370 e. The lowest BCUT2D eigenvalue weighted by atomic mass is 10.0. The van der Waals surface area contributed by atoms with E-state index in [9.17, 15) is 0 Å². The summed E-state index contributed by atoms with van der Waals surface area (Å²) in [5, 5.41) is 3.70. The monoisotopic (exact) mass is 347 g/mol. The normalized spacial score (nSPS) is 17.4. The maximum Gasteiger partial charge on any atom is 0.137 e. The van der Waals surface area contributed by atoms with Gasteiger partial charge in [-0.25, -0.2) is 9.97 Å². The van der Waals surface area contributed by atoms with Crippen molar-refractivity contribution in [3.63, 3.8) is 0 Å². The molecular weight excluding hydrogens is 322 g/mol. The van der Waals surface area contributed by atoms with Crippen molar-refractivity contribution in [2.24, 2.45) is 0 Å². The Bertz CT molecular complexity index is 809. The van der Waals surface area contributed by atoms with Gasteiger partial charge in [0, 0.05) is 50.0 Å². The molecule has 5 nitrogen and oxygen atoms in total. The Kier molecular flexibility index (Phi) is 4.97. The molecular formula is C21H25N5. The van der Waals surface area contributed by atoms with Crippen molar-refractivity contribution in [1.82, 2.24) is 19.9 Å². The Morgan fingerprint density at radius 2 is 2.04 bits per heavy atom. The molecule has 4 rings (SSSR count). The van der Waals surface area contributed by atoms with Gasteiger partial charge in [0.05, 0.1) is 0 Å². The second-order valence-corrected chi connectivity index (χ2v) is 7.00. The molecule has 0 aliphatic carbocycles. The number of anilines is 1. The molecule has 134 valence electrons. The van der Waals surface area contributed by atoms with E-state index in [4.69, 9.17) is 0 Å². The van der Waals surface area contributed by atoms with E-state index in [2.05, 4.69) is 57.4 Å². The van der Waals surface area contributed by atoms with E-state index in [1.54, 1.807) is 12.5 Å². The summed E-state index contributed by atoms with van der Waals surface area (Å²) in [6.07, 6.45) is 9.83. The first-order valence-electron chi connectivity index (χ1n) is 9.26. The lowest BCUT2D eigenvalue weighted by Gasteiger charge is -2.35. The summed E-state index contributed by atoms with van der Waals surface area (Å²) in [7, 11) is 0. The van der Waals surface area contributed by atoms with Gasteiger partial charge in [-0.15, -0.1) is 0 Å². The Morgan fingerprint density at radius 3 is 2.77 bits per heavy atom. The van der Waals surface area contributed by atoms with Crippen molar-refractivity contribution in [3.8, 4) is 5.82 Å². The quantitative estimate of drug-likeness (QED) is 0.769. The second-order valence-electron chi connectivity index (χ2n) is 7.00. The predicted molar refractivity (Wildman–Crippen MR) is 105 cm³/mol. The van der Waals surface area contributed by atoms with Crippen LogP contribution in [-0.4, -0.2) is 33.7 Å². The molecule has 0 spiro atoms. The lowest BCUT2D eigenvalue weighted by Crippen LogP contribution is -2.45. The molecule has 1 saturated heterocycles. The first kappa shape index (κ1) is 16.8. The fourth-order valence-electron chi connectivity index (χ4n) is 3.46. The zero-order valence-electron chi connectivity index (χ0n) is 15.2. The van der Waals surface area contributed by atoms with Crippen LogP contribution < -0.4 is 10.2 Å². The third-order valence-electron chi connectivity index (χ3n) is 4.99. The van der Waals surface area contributed by atoms with E-state index in [0.717, 1.165) is 25.5 Å². The number of hydrogen-bond donors (Lipinski definition) is 1. The molecule has 26 heavy (non-hydrogen) atoms. The van der Waals surface area contributed by atoms with Crippen LogP contribution in [0.15, 0.2) is 61.3 Å². The number of aryl methyl sites for hydroxylation is 1. The molecule has 1 atom stereocenters. The van der Waals surface area contributed by atoms with Gasteiger partial charge in [-0.3, -0.25) is 4.57 Å². The molecule has 2 aromatic heterocycles. The van der Waals surface area contributed by atoms with Crippen LogP contribution in [0.25, 0.3) is 5.82 Å². The van der Waals surface area contributed by atoms with Gasteiger partial charge in [-0.1, -0.05) is 23.8 Å². The molecule has 0 radical (unpaired) electrons. The first-order chi connectivity index (χ1) is 12.8. The lowest BCUT2D eigenvalue weighted by molar-refractivity contribution is 0.421. The molecule has 0 saturated carbocycles. The topological polar surface area (TPSA) is 46.0 Å². The molecule has 0 amide bonds. The van der Waals surface area contributed by atoms with Crippen LogP contribution in [0.5, 0.6) is 0 Å². The minimum absolute atomic E-state index is 0.512. The van der Waals surface area contributed by atoms with Crippen LogP contribution in [0.4, 0.5) is 5.69 Å². The summed E-state index contributed by atoms with van der Waals surface area (Å²) in [6.45, 7) is 5.19. The molecule has 1 unspecified atom stereocenters. The Morgan fingerprint density at radius 1 is 1.15 bits per heavy atom. The number of imidazole rings is 1. The maximum atomic E-state index is 4.53. The van der Waals surface area contributed by atoms with Gasteiger partial charge in [0.1, 0.15) is 12.1 Å². The van der Waals surface area contributed by atoms with Crippen LogP contribution in [0.1, 0.15) is 24.0 Å². The summed E-state index contributed by atoms with van der Waals surface area (Å²) in [5.74, 6) is 0.898. The Labute approximate surface area is 154 Å². The number of piperidine rings is 1. The zero-order chi connectivity index (χ0) is 17.8. The maximum absolute atomic E-state index is 4.53. The second kappa shape index (κ2) is 7.70. The molecule has 1 aliphatic rings. The Hall–Kier alpha value is -2.66. The average Bonchev–Trinajstić information content (AvgIpc) is 3.22. The third kappa shape index (κ3) is 3.94.